The van der Waals surface area contributed by atoms with Crippen molar-refractivity contribution < 1.29 is 4.39 Å². The van der Waals surface area contributed by atoms with Crippen LogP contribution in [0.4, 0.5) is 4.39 Å². The summed E-state index contributed by atoms with van der Waals surface area (Å²) in [5.74, 6) is 0.375. The van der Waals surface area contributed by atoms with E-state index in [4.69, 9.17) is 0 Å². The first-order valence-corrected chi connectivity index (χ1v) is 5.83. The van der Waals surface area contributed by atoms with Crippen molar-refractivity contribution in [3.8, 4) is 11.3 Å². The maximum atomic E-state index is 13.9. The number of aromatic nitrogens is 2. The van der Waals surface area contributed by atoms with Crippen LogP contribution in [-0.4, -0.2) is 9.97 Å². The highest BCUT2D eigenvalue weighted by atomic mass is 19.1. The molecular weight excluding hydrogens is 215 g/mol. The molecule has 0 radical (unpaired) electrons. The van der Waals surface area contributed by atoms with Gasteiger partial charge in [-0.15, -0.1) is 0 Å². The first-order valence-electron chi connectivity index (χ1n) is 5.83. The van der Waals surface area contributed by atoms with Crippen molar-refractivity contribution in [1.29, 1.82) is 0 Å². The lowest BCUT2D eigenvalue weighted by molar-refractivity contribution is 0.621. The zero-order valence-corrected chi connectivity index (χ0v) is 9.65. The van der Waals surface area contributed by atoms with Gasteiger partial charge in [0.2, 0.25) is 0 Å². The van der Waals surface area contributed by atoms with Crippen LogP contribution < -0.4 is 0 Å². The molecule has 2 aromatic rings. The van der Waals surface area contributed by atoms with Gasteiger partial charge in [-0.2, -0.15) is 0 Å². The van der Waals surface area contributed by atoms with Crippen molar-refractivity contribution >= 4 is 0 Å². The third-order valence-corrected chi connectivity index (χ3v) is 3.14. The molecule has 3 heteroatoms. The summed E-state index contributed by atoms with van der Waals surface area (Å²) in [5.41, 5.74) is 2.80. The van der Waals surface area contributed by atoms with Gasteiger partial charge in [0.25, 0.3) is 0 Å². The van der Waals surface area contributed by atoms with Crippen LogP contribution in [0.3, 0.4) is 0 Å². The predicted octanol–water partition coefficient (Wildman–Crippen LogP) is 3.47. The van der Waals surface area contributed by atoms with Crippen molar-refractivity contribution in [2.45, 2.75) is 25.7 Å². The highest BCUT2D eigenvalue weighted by molar-refractivity contribution is 5.60. The van der Waals surface area contributed by atoms with E-state index >= 15 is 0 Å². The molecule has 86 valence electrons. The van der Waals surface area contributed by atoms with Crippen molar-refractivity contribution in [2.75, 3.05) is 0 Å². The topological polar surface area (TPSA) is 25.8 Å². The lowest BCUT2D eigenvalue weighted by Crippen LogP contribution is -1.94. The maximum Gasteiger partial charge on any atom is 0.135 e. The highest BCUT2D eigenvalue weighted by Crippen LogP contribution is 2.38. The second-order valence-electron chi connectivity index (χ2n) is 4.54. The second-order valence-corrected chi connectivity index (χ2v) is 4.54. The zero-order chi connectivity index (χ0) is 11.8. The Morgan fingerprint density at radius 3 is 2.65 bits per heavy atom. The number of rotatable bonds is 2. The van der Waals surface area contributed by atoms with Crippen molar-refractivity contribution in [3.63, 3.8) is 0 Å². The minimum absolute atomic E-state index is 0.207. The third kappa shape index (κ3) is 1.93. The minimum Gasteiger partial charge on any atom is -0.257 e. The number of hydrogen-bond acceptors (Lipinski definition) is 2. The van der Waals surface area contributed by atoms with Crippen LogP contribution >= 0.6 is 0 Å². The van der Waals surface area contributed by atoms with Gasteiger partial charge in [0, 0.05) is 17.7 Å². The summed E-state index contributed by atoms with van der Waals surface area (Å²) in [6.45, 7) is 1.75. The average molecular weight is 228 g/mol. The molecule has 1 aliphatic carbocycles. The molecule has 0 spiro atoms. The predicted molar refractivity (Wildman–Crippen MR) is 64.1 cm³/mol. The monoisotopic (exact) mass is 228 g/mol. The Morgan fingerprint density at radius 2 is 2.00 bits per heavy atom. The second kappa shape index (κ2) is 3.91. The van der Waals surface area contributed by atoms with Crippen LogP contribution in [0.5, 0.6) is 0 Å². The van der Waals surface area contributed by atoms with Crippen molar-refractivity contribution in [2.24, 2.45) is 0 Å². The lowest BCUT2D eigenvalue weighted by atomic mass is 10.1. The Balaban J connectivity index is 2.00. The summed E-state index contributed by atoms with van der Waals surface area (Å²) >= 11 is 0. The van der Waals surface area contributed by atoms with Crippen LogP contribution in [-0.2, 0) is 0 Å². The van der Waals surface area contributed by atoms with Crippen molar-refractivity contribution in [3.05, 3.63) is 47.7 Å². The van der Waals surface area contributed by atoms with Gasteiger partial charge >= 0.3 is 0 Å². The van der Waals surface area contributed by atoms with E-state index in [9.17, 15) is 4.39 Å². The first-order chi connectivity index (χ1) is 8.25. The summed E-state index contributed by atoms with van der Waals surface area (Å²) in [6.07, 6.45) is 5.85. The van der Waals surface area contributed by atoms with E-state index in [0.29, 0.717) is 22.7 Å². The van der Waals surface area contributed by atoms with E-state index in [1.807, 2.05) is 6.07 Å². The molecule has 0 aliphatic heterocycles. The van der Waals surface area contributed by atoms with E-state index in [1.54, 1.807) is 31.5 Å². The summed E-state index contributed by atoms with van der Waals surface area (Å²) in [5, 5.41) is 0. The van der Waals surface area contributed by atoms with E-state index < -0.39 is 0 Å². The molecule has 2 nitrogen and oxygen atoms in total. The minimum atomic E-state index is -0.207. The van der Waals surface area contributed by atoms with E-state index in [0.717, 1.165) is 5.69 Å². The van der Waals surface area contributed by atoms with Crippen LogP contribution in [0.2, 0.25) is 0 Å². The van der Waals surface area contributed by atoms with Gasteiger partial charge in [-0.1, -0.05) is 12.1 Å². The third-order valence-electron chi connectivity index (χ3n) is 3.14. The summed E-state index contributed by atoms with van der Waals surface area (Å²) < 4.78 is 13.9. The Hall–Kier alpha value is -1.77. The molecule has 17 heavy (non-hydrogen) atoms. The molecule has 0 unspecified atom stereocenters. The molecule has 0 amide bonds. The van der Waals surface area contributed by atoms with E-state index in [1.165, 1.54) is 12.8 Å². The smallest absolute Gasteiger partial charge is 0.135 e. The number of halogens is 1. The molecule has 0 N–H and O–H groups in total. The number of aryl methyl sites for hydroxylation is 1. The van der Waals surface area contributed by atoms with Gasteiger partial charge in [0.15, 0.2) is 0 Å². The zero-order valence-electron chi connectivity index (χ0n) is 9.65. The quantitative estimate of drug-likeness (QED) is 0.786. The molecule has 0 saturated heterocycles. The Morgan fingerprint density at radius 1 is 1.18 bits per heavy atom. The highest BCUT2D eigenvalue weighted by Gasteiger charge is 2.25. The van der Waals surface area contributed by atoms with Gasteiger partial charge in [-0.25, -0.2) is 4.39 Å². The van der Waals surface area contributed by atoms with Crippen LogP contribution in [0.25, 0.3) is 11.3 Å². The summed E-state index contributed by atoms with van der Waals surface area (Å²) in [4.78, 5) is 8.67. The molecule has 0 bridgehead atoms. The molecule has 1 fully saturated rings. The van der Waals surface area contributed by atoms with Gasteiger partial charge in [-0.3, -0.25) is 9.97 Å². The molecule has 1 aromatic heterocycles. The molecule has 1 heterocycles. The molecule has 0 atom stereocenters. The number of hydrogen-bond donors (Lipinski definition) is 0. The molecular formula is C14H13FN2. The molecule has 1 saturated carbocycles. The summed E-state index contributed by atoms with van der Waals surface area (Å²) in [7, 11) is 0. The van der Waals surface area contributed by atoms with Crippen LogP contribution in [0.1, 0.15) is 30.0 Å². The van der Waals surface area contributed by atoms with Gasteiger partial charge in [-0.05, 0) is 31.4 Å². The molecule has 1 aromatic carbocycles. The van der Waals surface area contributed by atoms with Gasteiger partial charge < -0.3 is 0 Å². The first kappa shape index (κ1) is 10.4. The number of benzene rings is 1. The standard InChI is InChI=1S/C14H13FN2/c1-9-3-2-4-11(14(9)15)13-8-16-12(7-17-13)10-5-6-10/h2-4,7-8,10H,5-6H2,1H3. The normalized spacial score (nSPS) is 14.9. The van der Waals surface area contributed by atoms with Gasteiger partial charge in [0.1, 0.15) is 5.82 Å². The number of nitrogens with zero attached hydrogens (tertiary/aromatic N) is 2. The fourth-order valence-corrected chi connectivity index (χ4v) is 1.91. The lowest BCUT2D eigenvalue weighted by Gasteiger charge is -2.05. The van der Waals surface area contributed by atoms with E-state index in [-0.39, 0.29) is 5.82 Å². The molecule has 3 rings (SSSR count). The fourth-order valence-electron chi connectivity index (χ4n) is 1.91. The average Bonchev–Trinajstić information content (AvgIpc) is 3.17. The van der Waals surface area contributed by atoms with Gasteiger partial charge in [0.05, 0.1) is 17.6 Å². The molecule has 1 aliphatic rings. The summed E-state index contributed by atoms with van der Waals surface area (Å²) in [6, 6.07) is 5.33. The Bertz CT molecular complexity index is 545. The fraction of sp³-hybridized carbons (Fsp3) is 0.286. The Labute approximate surface area is 99.5 Å². The SMILES string of the molecule is Cc1cccc(-c2cnc(C3CC3)cn2)c1F. The van der Waals surface area contributed by atoms with Crippen molar-refractivity contribution in [1.82, 2.24) is 9.97 Å². The maximum absolute atomic E-state index is 13.9. The largest absolute Gasteiger partial charge is 0.257 e. The van der Waals surface area contributed by atoms with E-state index in [2.05, 4.69) is 9.97 Å². The van der Waals surface area contributed by atoms with Crippen LogP contribution in [0, 0.1) is 12.7 Å². The van der Waals surface area contributed by atoms with Crippen LogP contribution in [0.15, 0.2) is 30.6 Å². The Kier molecular flexibility index (Phi) is 2.39.